The number of aromatic nitrogens is 2. The number of amides is 2. The summed E-state index contributed by atoms with van der Waals surface area (Å²) in [4.78, 5) is 28.3. The molecule has 0 spiro atoms. The van der Waals surface area contributed by atoms with Crippen LogP contribution in [0.25, 0.3) is 11.1 Å². The minimum atomic E-state index is -0.580. The van der Waals surface area contributed by atoms with Crippen LogP contribution >= 0.6 is 47.1 Å². The Labute approximate surface area is 202 Å². The van der Waals surface area contributed by atoms with E-state index in [4.69, 9.17) is 17.0 Å². The van der Waals surface area contributed by atoms with Crippen LogP contribution in [0.15, 0.2) is 27.5 Å². The summed E-state index contributed by atoms with van der Waals surface area (Å²) in [5, 5.41) is 11.9. The number of ether oxygens (including phenoxy) is 1. The Bertz CT molecular complexity index is 1280. The highest BCUT2D eigenvalue weighted by Crippen LogP contribution is 2.53. The average molecular weight is 503 g/mol. The molecule has 0 unspecified atom stereocenters. The van der Waals surface area contributed by atoms with Gasteiger partial charge in [0.05, 0.1) is 28.8 Å². The summed E-state index contributed by atoms with van der Waals surface area (Å²) in [6, 6.07) is 3.78. The quantitative estimate of drug-likeness (QED) is 0.381. The summed E-state index contributed by atoms with van der Waals surface area (Å²) < 4.78 is 6.81. The number of hydrogen-bond donors (Lipinski definition) is 1. The second-order valence-corrected chi connectivity index (χ2v) is 12.0. The molecular formula is C21H18N4O3S4. The molecule has 0 radical (unpaired) electrons. The van der Waals surface area contributed by atoms with Crippen molar-refractivity contribution >= 4 is 80.0 Å². The second-order valence-electron chi connectivity index (χ2n) is 7.96. The number of hydrogen-bond acceptors (Lipinski definition) is 9. The largest absolute Gasteiger partial charge is 0.497 e. The van der Waals surface area contributed by atoms with Crippen molar-refractivity contribution in [3.63, 3.8) is 0 Å². The minimum Gasteiger partial charge on any atom is -0.497 e. The van der Waals surface area contributed by atoms with Crippen molar-refractivity contribution in [2.75, 3.05) is 17.8 Å². The SMILES string of the molecule is COc1cc2c3c(c1)C(=C1SC(=S)NC1=O)C(=O)N3C(C)(C)C=C2CSc1nnc(C)s1. The zero-order valence-corrected chi connectivity index (χ0v) is 20.9. The van der Waals surface area contributed by atoms with E-state index in [1.165, 1.54) is 0 Å². The van der Waals surface area contributed by atoms with Crippen molar-refractivity contribution in [3.05, 3.63) is 39.2 Å². The maximum Gasteiger partial charge on any atom is 0.264 e. The maximum absolute atomic E-state index is 13.7. The fourth-order valence-corrected chi connectivity index (χ4v) is 7.06. The number of nitrogens with zero attached hydrogens (tertiary/aromatic N) is 3. The van der Waals surface area contributed by atoms with Gasteiger partial charge in [0.15, 0.2) is 4.34 Å². The molecule has 3 aliphatic rings. The normalized spacial score (nSPS) is 21.1. The van der Waals surface area contributed by atoms with Crippen molar-refractivity contribution in [2.24, 2.45) is 0 Å². The Balaban J connectivity index is 1.67. The third-order valence-electron chi connectivity index (χ3n) is 5.38. The monoisotopic (exact) mass is 502 g/mol. The van der Waals surface area contributed by atoms with Crippen molar-refractivity contribution in [1.82, 2.24) is 15.5 Å². The second kappa shape index (κ2) is 7.68. The van der Waals surface area contributed by atoms with E-state index >= 15 is 0 Å². The van der Waals surface area contributed by atoms with Gasteiger partial charge in [0.2, 0.25) is 0 Å². The Morgan fingerprint density at radius 1 is 1.25 bits per heavy atom. The van der Waals surface area contributed by atoms with E-state index in [0.29, 0.717) is 31.9 Å². The van der Waals surface area contributed by atoms with E-state index in [0.717, 1.165) is 37.9 Å². The van der Waals surface area contributed by atoms with E-state index in [1.807, 2.05) is 32.9 Å². The lowest BCUT2D eigenvalue weighted by molar-refractivity contribution is -0.116. The van der Waals surface area contributed by atoms with Crippen molar-refractivity contribution in [2.45, 2.75) is 30.6 Å². The Kier molecular flexibility index (Phi) is 5.19. The highest BCUT2D eigenvalue weighted by atomic mass is 32.2. The molecule has 0 saturated carbocycles. The number of rotatable bonds is 4. The van der Waals surface area contributed by atoms with Crippen LogP contribution in [0, 0.1) is 6.92 Å². The number of anilines is 1. The van der Waals surface area contributed by atoms with E-state index in [-0.39, 0.29) is 11.8 Å². The average Bonchev–Trinajstić information content (AvgIpc) is 3.38. The molecule has 1 saturated heterocycles. The van der Waals surface area contributed by atoms with Crippen LogP contribution in [0.2, 0.25) is 0 Å². The number of benzene rings is 1. The highest BCUT2D eigenvalue weighted by molar-refractivity contribution is 8.27. The van der Waals surface area contributed by atoms with Gasteiger partial charge < -0.3 is 10.1 Å². The van der Waals surface area contributed by atoms with Crippen molar-refractivity contribution < 1.29 is 14.3 Å². The zero-order chi connectivity index (χ0) is 22.8. The summed E-state index contributed by atoms with van der Waals surface area (Å²) in [5.74, 6) is 0.752. The fourth-order valence-electron chi connectivity index (χ4n) is 4.14. The zero-order valence-electron chi connectivity index (χ0n) is 17.6. The van der Waals surface area contributed by atoms with Crippen LogP contribution in [0.4, 0.5) is 5.69 Å². The first kappa shape index (κ1) is 21.6. The van der Waals surface area contributed by atoms with Gasteiger partial charge in [0, 0.05) is 16.9 Å². The number of carbonyl (C=O) groups excluding carboxylic acids is 2. The van der Waals surface area contributed by atoms with Gasteiger partial charge in [-0.2, -0.15) is 0 Å². The molecule has 1 aromatic carbocycles. The van der Waals surface area contributed by atoms with Gasteiger partial charge in [-0.15, -0.1) is 10.2 Å². The lowest BCUT2D eigenvalue weighted by Gasteiger charge is -2.39. The van der Waals surface area contributed by atoms with Crippen LogP contribution < -0.4 is 15.0 Å². The topological polar surface area (TPSA) is 84.4 Å². The number of carbonyl (C=O) groups is 2. The summed E-state index contributed by atoms with van der Waals surface area (Å²) in [6.07, 6.45) is 2.11. The molecule has 3 aliphatic heterocycles. The predicted octanol–water partition coefficient (Wildman–Crippen LogP) is 4.03. The van der Waals surface area contributed by atoms with Crippen molar-refractivity contribution in [1.29, 1.82) is 0 Å². The summed E-state index contributed by atoms with van der Waals surface area (Å²) in [7, 11) is 1.59. The summed E-state index contributed by atoms with van der Waals surface area (Å²) >= 11 is 9.46. The van der Waals surface area contributed by atoms with Crippen LogP contribution in [-0.2, 0) is 9.59 Å². The van der Waals surface area contributed by atoms with Crippen LogP contribution in [0.5, 0.6) is 5.75 Å². The molecule has 7 nitrogen and oxygen atoms in total. The van der Waals surface area contributed by atoms with Gasteiger partial charge in [-0.1, -0.05) is 53.2 Å². The first-order chi connectivity index (χ1) is 15.2. The third kappa shape index (κ3) is 3.38. The predicted molar refractivity (Wildman–Crippen MR) is 133 cm³/mol. The maximum atomic E-state index is 13.7. The lowest BCUT2D eigenvalue weighted by Crippen LogP contribution is -2.46. The highest BCUT2D eigenvalue weighted by Gasteiger charge is 2.48. The molecule has 1 aromatic heterocycles. The van der Waals surface area contributed by atoms with Crippen molar-refractivity contribution in [3.8, 4) is 5.75 Å². The molecule has 1 N–H and O–H groups in total. The van der Waals surface area contributed by atoms with Crippen LogP contribution in [0.3, 0.4) is 0 Å². The number of thioether (sulfide) groups is 2. The van der Waals surface area contributed by atoms with Crippen LogP contribution in [0.1, 0.15) is 30.0 Å². The Hall–Kier alpha value is -2.21. The molecule has 0 aliphatic carbocycles. The molecule has 5 rings (SSSR count). The molecule has 1 fully saturated rings. The fraction of sp³-hybridized carbons (Fsp3) is 0.286. The number of nitrogens with one attached hydrogen (secondary N) is 1. The number of aryl methyl sites for hydroxylation is 1. The Morgan fingerprint density at radius 2 is 2.00 bits per heavy atom. The third-order valence-corrected chi connectivity index (χ3v) is 8.64. The minimum absolute atomic E-state index is 0.204. The molecule has 11 heteroatoms. The molecule has 0 bridgehead atoms. The molecule has 4 heterocycles. The first-order valence-corrected chi connectivity index (χ1v) is 12.7. The number of thiocarbonyl (C=S) groups is 1. The van der Waals surface area contributed by atoms with E-state index in [1.54, 1.807) is 35.1 Å². The summed E-state index contributed by atoms with van der Waals surface area (Å²) in [6.45, 7) is 5.93. The van der Waals surface area contributed by atoms with Gasteiger partial charge in [-0.05, 0) is 38.5 Å². The summed E-state index contributed by atoms with van der Waals surface area (Å²) in [5.41, 5.74) is 3.30. The molecule has 32 heavy (non-hydrogen) atoms. The van der Waals surface area contributed by atoms with E-state index in [2.05, 4.69) is 21.6 Å². The van der Waals surface area contributed by atoms with E-state index < -0.39 is 5.54 Å². The van der Waals surface area contributed by atoms with Gasteiger partial charge >= 0.3 is 0 Å². The molecule has 2 amide bonds. The Morgan fingerprint density at radius 3 is 2.62 bits per heavy atom. The van der Waals surface area contributed by atoms with Gasteiger partial charge in [-0.3, -0.25) is 14.5 Å². The first-order valence-electron chi connectivity index (χ1n) is 9.69. The van der Waals surface area contributed by atoms with E-state index in [9.17, 15) is 9.59 Å². The number of methoxy groups -OCH3 is 1. The lowest BCUT2D eigenvalue weighted by atomic mass is 9.88. The van der Waals surface area contributed by atoms with Gasteiger partial charge in [-0.25, -0.2) is 0 Å². The van der Waals surface area contributed by atoms with Crippen LogP contribution in [-0.4, -0.2) is 44.7 Å². The van der Waals surface area contributed by atoms with Gasteiger partial charge in [0.1, 0.15) is 15.1 Å². The smallest absolute Gasteiger partial charge is 0.264 e. The molecule has 164 valence electrons. The molecule has 0 atom stereocenters. The molecule has 2 aromatic rings. The standard InChI is InChI=1S/C21H18N4O3S4/c1-9-23-24-20(31-9)30-8-10-7-21(2,3)25-15-12(10)5-11(28-4)6-13(15)14(18(25)27)16-17(26)22-19(29)32-16/h5-7H,8H2,1-4H3,(H,22,26,29). The molecular weight excluding hydrogens is 485 g/mol. The van der Waals surface area contributed by atoms with Gasteiger partial charge in [0.25, 0.3) is 11.8 Å².